The zero-order chi connectivity index (χ0) is 8.91. The molecule has 0 aromatic heterocycles. The Morgan fingerprint density at radius 3 is 2.36 bits per heavy atom. The van der Waals surface area contributed by atoms with Crippen LogP contribution in [0.3, 0.4) is 0 Å². The molecule has 0 aliphatic carbocycles. The van der Waals surface area contributed by atoms with Crippen molar-refractivity contribution in [3.05, 3.63) is 0 Å². The minimum absolute atomic E-state index is 0.191. The third kappa shape index (κ3) is 4.96. The molecule has 0 bridgehead atoms. The van der Waals surface area contributed by atoms with Crippen molar-refractivity contribution in [3.8, 4) is 0 Å². The van der Waals surface area contributed by atoms with Crippen molar-refractivity contribution in [1.82, 2.24) is 4.90 Å². The van der Waals surface area contributed by atoms with Gasteiger partial charge < -0.3 is 9.69 Å². The standard InChI is InChI=1S/C9H19NO/c1-5-6-10(4)7-9(2,3)8-11/h8H,5-7H2,1-4H3. The lowest BCUT2D eigenvalue weighted by Gasteiger charge is -2.24. The van der Waals surface area contributed by atoms with Gasteiger partial charge in [-0.1, -0.05) is 20.8 Å². The lowest BCUT2D eigenvalue weighted by molar-refractivity contribution is -0.115. The number of nitrogens with zero attached hydrogens (tertiary/aromatic N) is 1. The molecule has 0 radical (unpaired) electrons. The van der Waals surface area contributed by atoms with Crippen molar-refractivity contribution in [2.75, 3.05) is 20.1 Å². The van der Waals surface area contributed by atoms with Gasteiger partial charge in [-0.15, -0.1) is 0 Å². The lowest BCUT2D eigenvalue weighted by atomic mass is 9.95. The molecule has 0 rings (SSSR count). The summed E-state index contributed by atoms with van der Waals surface area (Å²) >= 11 is 0. The van der Waals surface area contributed by atoms with Crippen LogP contribution in [0.1, 0.15) is 27.2 Å². The Kier molecular flexibility index (Phi) is 4.34. The molecule has 0 heterocycles. The van der Waals surface area contributed by atoms with E-state index >= 15 is 0 Å². The van der Waals surface area contributed by atoms with Crippen LogP contribution in [0.5, 0.6) is 0 Å². The zero-order valence-electron chi connectivity index (χ0n) is 8.05. The van der Waals surface area contributed by atoms with Gasteiger partial charge in [0.2, 0.25) is 0 Å². The molecule has 0 aromatic carbocycles. The highest BCUT2D eigenvalue weighted by atomic mass is 16.1. The first kappa shape index (κ1) is 10.6. The van der Waals surface area contributed by atoms with Gasteiger partial charge in [-0.3, -0.25) is 0 Å². The normalized spacial score (nSPS) is 12.1. The maximum atomic E-state index is 10.5. The van der Waals surface area contributed by atoms with E-state index < -0.39 is 0 Å². The summed E-state index contributed by atoms with van der Waals surface area (Å²) in [4.78, 5) is 12.7. The summed E-state index contributed by atoms with van der Waals surface area (Å²) in [5.41, 5.74) is -0.191. The summed E-state index contributed by atoms with van der Waals surface area (Å²) in [6.45, 7) is 7.99. The molecule has 0 fully saturated rings. The summed E-state index contributed by atoms with van der Waals surface area (Å²) in [5, 5.41) is 0. The van der Waals surface area contributed by atoms with Gasteiger partial charge >= 0.3 is 0 Å². The average Bonchev–Trinajstić information content (AvgIpc) is 1.87. The van der Waals surface area contributed by atoms with E-state index in [0.29, 0.717) is 0 Å². The van der Waals surface area contributed by atoms with Crippen LogP contribution in [-0.2, 0) is 4.79 Å². The number of hydrogen-bond donors (Lipinski definition) is 0. The minimum Gasteiger partial charge on any atom is -0.305 e. The molecule has 0 saturated heterocycles. The Bertz CT molecular complexity index is 121. The van der Waals surface area contributed by atoms with E-state index in [1.54, 1.807) is 0 Å². The smallest absolute Gasteiger partial charge is 0.126 e. The molecule has 2 nitrogen and oxygen atoms in total. The second kappa shape index (κ2) is 4.50. The van der Waals surface area contributed by atoms with Gasteiger partial charge in [-0.2, -0.15) is 0 Å². The van der Waals surface area contributed by atoms with Crippen LogP contribution < -0.4 is 0 Å². The van der Waals surface area contributed by atoms with Gasteiger partial charge in [0.15, 0.2) is 0 Å². The van der Waals surface area contributed by atoms with E-state index in [0.717, 1.165) is 25.8 Å². The maximum absolute atomic E-state index is 10.5. The fourth-order valence-corrected chi connectivity index (χ4v) is 1.19. The Labute approximate surface area is 69.6 Å². The van der Waals surface area contributed by atoms with E-state index in [2.05, 4.69) is 18.9 Å². The van der Waals surface area contributed by atoms with Crippen LogP contribution in [0.2, 0.25) is 0 Å². The highest BCUT2D eigenvalue weighted by Gasteiger charge is 2.17. The zero-order valence-corrected chi connectivity index (χ0v) is 8.05. The fourth-order valence-electron chi connectivity index (χ4n) is 1.19. The monoisotopic (exact) mass is 157 g/mol. The van der Waals surface area contributed by atoms with Gasteiger partial charge in [0.05, 0.1) is 0 Å². The molecular formula is C9H19NO. The summed E-state index contributed by atoms with van der Waals surface area (Å²) in [5.74, 6) is 0. The molecular weight excluding hydrogens is 138 g/mol. The number of carbonyl (C=O) groups excluding carboxylic acids is 1. The van der Waals surface area contributed by atoms with Crippen molar-refractivity contribution in [2.45, 2.75) is 27.2 Å². The topological polar surface area (TPSA) is 20.3 Å². The van der Waals surface area contributed by atoms with Crippen molar-refractivity contribution in [1.29, 1.82) is 0 Å². The van der Waals surface area contributed by atoms with Crippen molar-refractivity contribution in [3.63, 3.8) is 0 Å². The summed E-state index contributed by atoms with van der Waals surface area (Å²) in [6, 6.07) is 0. The van der Waals surface area contributed by atoms with Crippen molar-refractivity contribution >= 4 is 6.29 Å². The second-order valence-corrected chi connectivity index (χ2v) is 3.84. The molecule has 0 unspecified atom stereocenters. The molecule has 2 heteroatoms. The van der Waals surface area contributed by atoms with Gasteiger partial charge in [0.25, 0.3) is 0 Å². The Balaban J connectivity index is 3.72. The predicted molar refractivity (Wildman–Crippen MR) is 47.6 cm³/mol. The summed E-state index contributed by atoms with van der Waals surface area (Å²) in [7, 11) is 2.05. The number of aldehydes is 1. The first-order valence-electron chi connectivity index (χ1n) is 4.16. The fraction of sp³-hybridized carbons (Fsp3) is 0.889. The molecule has 0 atom stereocenters. The SMILES string of the molecule is CCCN(C)CC(C)(C)C=O. The Morgan fingerprint density at radius 2 is 2.00 bits per heavy atom. The molecule has 0 amide bonds. The third-order valence-electron chi connectivity index (χ3n) is 1.60. The van der Waals surface area contributed by atoms with Gasteiger partial charge in [0.1, 0.15) is 6.29 Å². The highest BCUT2D eigenvalue weighted by molar-refractivity contribution is 5.58. The molecule has 0 spiro atoms. The minimum atomic E-state index is -0.191. The van der Waals surface area contributed by atoms with E-state index in [9.17, 15) is 4.79 Å². The van der Waals surface area contributed by atoms with Crippen LogP contribution in [0.15, 0.2) is 0 Å². The molecule has 11 heavy (non-hydrogen) atoms. The number of rotatable bonds is 5. The molecule has 0 aliphatic rings. The molecule has 0 aliphatic heterocycles. The second-order valence-electron chi connectivity index (χ2n) is 3.84. The van der Waals surface area contributed by atoms with Crippen molar-refractivity contribution < 1.29 is 4.79 Å². The summed E-state index contributed by atoms with van der Waals surface area (Å²) in [6.07, 6.45) is 2.17. The summed E-state index contributed by atoms with van der Waals surface area (Å²) < 4.78 is 0. The lowest BCUT2D eigenvalue weighted by Crippen LogP contribution is -2.32. The number of carbonyl (C=O) groups is 1. The third-order valence-corrected chi connectivity index (χ3v) is 1.60. The van der Waals surface area contributed by atoms with Gasteiger partial charge in [0, 0.05) is 12.0 Å². The van der Waals surface area contributed by atoms with Gasteiger partial charge in [-0.25, -0.2) is 0 Å². The maximum Gasteiger partial charge on any atom is 0.126 e. The van der Waals surface area contributed by atoms with Gasteiger partial charge in [-0.05, 0) is 20.0 Å². The molecule has 0 saturated carbocycles. The van der Waals surface area contributed by atoms with E-state index in [1.165, 1.54) is 0 Å². The van der Waals surface area contributed by atoms with Crippen LogP contribution >= 0.6 is 0 Å². The molecule has 0 N–H and O–H groups in total. The van der Waals surface area contributed by atoms with E-state index in [4.69, 9.17) is 0 Å². The molecule has 66 valence electrons. The molecule has 0 aromatic rings. The number of hydrogen-bond acceptors (Lipinski definition) is 2. The van der Waals surface area contributed by atoms with Crippen LogP contribution in [0.25, 0.3) is 0 Å². The first-order valence-corrected chi connectivity index (χ1v) is 4.16. The van der Waals surface area contributed by atoms with Crippen molar-refractivity contribution in [2.24, 2.45) is 5.41 Å². The highest BCUT2D eigenvalue weighted by Crippen LogP contribution is 2.11. The van der Waals surface area contributed by atoms with Crippen LogP contribution in [0.4, 0.5) is 0 Å². The van der Waals surface area contributed by atoms with E-state index in [1.807, 2.05) is 13.8 Å². The van der Waals surface area contributed by atoms with Crippen LogP contribution in [-0.4, -0.2) is 31.3 Å². The largest absolute Gasteiger partial charge is 0.305 e. The Hall–Kier alpha value is -0.370. The quantitative estimate of drug-likeness (QED) is 0.564. The Morgan fingerprint density at radius 1 is 1.45 bits per heavy atom. The average molecular weight is 157 g/mol. The van der Waals surface area contributed by atoms with Crippen LogP contribution in [0, 0.1) is 5.41 Å². The first-order chi connectivity index (χ1) is 5.02. The predicted octanol–water partition coefficient (Wildman–Crippen LogP) is 1.55. The van der Waals surface area contributed by atoms with E-state index in [-0.39, 0.29) is 5.41 Å².